The third-order valence-corrected chi connectivity index (χ3v) is 4.57. The molecule has 0 spiro atoms. The van der Waals surface area contributed by atoms with Crippen molar-refractivity contribution in [2.45, 2.75) is 65.1 Å². The Labute approximate surface area is 116 Å². The largest absolute Gasteiger partial charge is 0.487 e. The molecule has 0 saturated heterocycles. The van der Waals surface area contributed by atoms with Gasteiger partial charge in [-0.05, 0) is 42.2 Å². The van der Waals surface area contributed by atoms with Crippen molar-refractivity contribution in [3.05, 3.63) is 29.8 Å². The first kappa shape index (κ1) is 14.4. The van der Waals surface area contributed by atoms with Gasteiger partial charge in [0.1, 0.15) is 11.9 Å². The van der Waals surface area contributed by atoms with Gasteiger partial charge in [-0.3, -0.25) is 0 Å². The van der Waals surface area contributed by atoms with Crippen LogP contribution in [0.15, 0.2) is 24.3 Å². The smallest absolute Gasteiger partial charge is 0.125 e. The molecule has 3 unspecified atom stereocenters. The summed E-state index contributed by atoms with van der Waals surface area (Å²) in [6.45, 7) is 8.63. The van der Waals surface area contributed by atoms with Crippen LogP contribution in [0.3, 0.4) is 0 Å². The molecule has 0 amide bonds. The quantitative estimate of drug-likeness (QED) is 0.884. The molecular weight excluding hydrogens is 236 g/mol. The van der Waals surface area contributed by atoms with E-state index in [9.17, 15) is 5.11 Å². The highest BCUT2D eigenvalue weighted by atomic mass is 16.5. The Hall–Kier alpha value is -1.02. The molecule has 1 N–H and O–H groups in total. The van der Waals surface area contributed by atoms with E-state index in [1.54, 1.807) is 0 Å². The highest BCUT2D eigenvalue weighted by molar-refractivity contribution is 5.36. The van der Waals surface area contributed by atoms with Crippen LogP contribution in [0.1, 0.15) is 58.4 Å². The van der Waals surface area contributed by atoms with E-state index >= 15 is 0 Å². The summed E-state index contributed by atoms with van der Waals surface area (Å²) in [5.74, 6) is 1.43. The van der Waals surface area contributed by atoms with Crippen LogP contribution in [0.5, 0.6) is 5.75 Å². The van der Waals surface area contributed by atoms with Crippen molar-refractivity contribution in [3.8, 4) is 5.75 Å². The molecule has 2 nitrogen and oxygen atoms in total. The Morgan fingerprint density at radius 2 is 2.05 bits per heavy atom. The monoisotopic (exact) mass is 262 g/mol. The van der Waals surface area contributed by atoms with Gasteiger partial charge in [0.15, 0.2) is 0 Å². The number of hydrogen-bond acceptors (Lipinski definition) is 2. The van der Waals surface area contributed by atoms with Crippen LogP contribution >= 0.6 is 0 Å². The highest BCUT2D eigenvalue weighted by Gasteiger charge is 2.42. The van der Waals surface area contributed by atoms with E-state index in [0.29, 0.717) is 5.92 Å². The van der Waals surface area contributed by atoms with Crippen molar-refractivity contribution in [2.24, 2.45) is 5.41 Å². The number of para-hydroxylation sites is 1. The third kappa shape index (κ3) is 2.94. The van der Waals surface area contributed by atoms with Crippen molar-refractivity contribution in [1.82, 2.24) is 0 Å². The minimum Gasteiger partial charge on any atom is -0.487 e. The second-order valence-corrected chi connectivity index (χ2v) is 6.48. The van der Waals surface area contributed by atoms with E-state index in [1.807, 2.05) is 12.1 Å². The van der Waals surface area contributed by atoms with Gasteiger partial charge in [-0.1, -0.05) is 45.9 Å². The Morgan fingerprint density at radius 1 is 1.37 bits per heavy atom. The predicted octanol–water partition coefficient (Wildman–Crippen LogP) is 4.13. The van der Waals surface area contributed by atoms with Gasteiger partial charge in [0.05, 0.1) is 6.10 Å². The summed E-state index contributed by atoms with van der Waals surface area (Å²) in [5, 5.41) is 10.3. The third-order valence-electron chi connectivity index (χ3n) is 4.57. The average Bonchev–Trinajstić information content (AvgIpc) is 2.66. The molecule has 0 radical (unpaired) electrons. The van der Waals surface area contributed by atoms with Crippen molar-refractivity contribution < 1.29 is 9.84 Å². The second-order valence-electron chi connectivity index (χ2n) is 6.48. The van der Waals surface area contributed by atoms with Crippen molar-refractivity contribution in [3.63, 3.8) is 0 Å². The summed E-state index contributed by atoms with van der Waals surface area (Å²) < 4.78 is 6.13. The SMILES string of the molecule is CCC(C)c1ccccc1OC1CCC(C)(C)C1O. The first-order chi connectivity index (χ1) is 8.95. The van der Waals surface area contributed by atoms with E-state index in [4.69, 9.17) is 4.74 Å². The minimum atomic E-state index is -0.377. The molecule has 2 rings (SSSR count). The van der Waals surface area contributed by atoms with Crippen LogP contribution in [0, 0.1) is 5.41 Å². The Balaban J connectivity index is 2.16. The standard InChI is InChI=1S/C17H26O2/c1-5-12(2)13-8-6-7-9-14(13)19-15-10-11-17(3,4)16(15)18/h6-9,12,15-16,18H,5,10-11H2,1-4H3. The molecule has 1 fully saturated rings. The number of aliphatic hydroxyl groups is 1. The molecule has 1 aromatic rings. The molecule has 106 valence electrons. The lowest BCUT2D eigenvalue weighted by atomic mass is 9.89. The first-order valence-electron chi connectivity index (χ1n) is 7.39. The lowest BCUT2D eigenvalue weighted by Crippen LogP contribution is -2.34. The van der Waals surface area contributed by atoms with Gasteiger partial charge in [0.25, 0.3) is 0 Å². The Morgan fingerprint density at radius 3 is 2.63 bits per heavy atom. The number of hydrogen-bond donors (Lipinski definition) is 1. The van der Waals surface area contributed by atoms with E-state index in [0.717, 1.165) is 25.0 Å². The van der Waals surface area contributed by atoms with Gasteiger partial charge in [-0.25, -0.2) is 0 Å². The molecule has 1 aliphatic rings. The maximum absolute atomic E-state index is 10.3. The van der Waals surface area contributed by atoms with Gasteiger partial charge in [0.2, 0.25) is 0 Å². The summed E-state index contributed by atoms with van der Waals surface area (Å²) in [5.41, 5.74) is 1.22. The van der Waals surface area contributed by atoms with Crippen LogP contribution < -0.4 is 4.74 Å². The zero-order valence-electron chi connectivity index (χ0n) is 12.5. The maximum atomic E-state index is 10.3. The van der Waals surface area contributed by atoms with Gasteiger partial charge in [-0.2, -0.15) is 0 Å². The Bertz CT molecular complexity index is 425. The lowest BCUT2D eigenvalue weighted by molar-refractivity contribution is 0.00446. The number of ether oxygens (including phenoxy) is 1. The van der Waals surface area contributed by atoms with Gasteiger partial charge >= 0.3 is 0 Å². The normalized spacial score (nSPS) is 27.2. The van der Waals surface area contributed by atoms with Gasteiger partial charge < -0.3 is 9.84 Å². The fourth-order valence-electron chi connectivity index (χ4n) is 2.82. The average molecular weight is 262 g/mol. The highest BCUT2D eigenvalue weighted by Crippen LogP contribution is 2.40. The molecule has 19 heavy (non-hydrogen) atoms. The van der Waals surface area contributed by atoms with Crippen LogP contribution in [0.4, 0.5) is 0 Å². The zero-order valence-corrected chi connectivity index (χ0v) is 12.5. The minimum absolute atomic E-state index is 0.0318. The summed E-state index contributed by atoms with van der Waals surface area (Å²) in [4.78, 5) is 0. The lowest BCUT2D eigenvalue weighted by Gasteiger charge is -2.27. The van der Waals surface area contributed by atoms with E-state index < -0.39 is 0 Å². The van der Waals surface area contributed by atoms with Crippen molar-refractivity contribution in [1.29, 1.82) is 0 Å². The fraction of sp³-hybridized carbons (Fsp3) is 0.647. The number of benzene rings is 1. The zero-order chi connectivity index (χ0) is 14.0. The predicted molar refractivity (Wildman–Crippen MR) is 78.6 cm³/mol. The van der Waals surface area contributed by atoms with Crippen LogP contribution in [-0.2, 0) is 0 Å². The van der Waals surface area contributed by atoms with Gasteiger partial charge in [0, 0.05) is 0 Å². The van der Waals surface area contributed by atoms with E-state index in [1.165, 1.54) is 5.56 Å². The van der Waals surface area contributed by atoms with Crippen LogP contribution in [-0.4, -0.2) is 17.3 Å². The molecule has 2 heteroatoms. The number of rotatable bonds is 4. The molecular formula is C17H26O2. The van der Waals surface area contributed by atoms with Crippen LogP contribution in [0.25, 0.3) is 0 Å². The molecule has 0 heterocycles. The van der Waals surface area contributed by atoms with Gasteiger partial charge in [-0.15, -0.1) is 0 Å². The van der Waals surface area contributed by atoms with Crippen LogP contribution in [0.2, 0.25) is 0 Å². The Kier molecular flexibility index (Phi) is 4.19. The van der Waals surface area contributed by atoms with E-state index in [2.05, 4.69) is 39.8 Å². The maximum Gasteiger partial charge on any atom is 0.125 e. The fourth-order valence-corrected chi connectivity index (χ4v) is 2.82. The van der Waals surface area contributed by atoms with Crippen molar-refractivity contribution >= 4 is 0 Å². The first-order valence-corrected chi connectivity index (χ1v) is 7.39. The molecule has 1 saturated carbocycles. The summed E-state index contributed by atoms with van der Waals surface area (Å²) in [6, 6.07) is 8.23. The molecule has 0 aliphatic heterocycles. The van der Waals surface area contributed by atoms with Crippen molar-refractivity contribution in [2.75, 3.05) is 0 Å². The molecule has 0 bridgehead atoms. The molecule has 1 aliphatic carbocycles. The summed E-state index contributed by atoms with van der Waals surface area (Å²) >= 11 is 0. The second kappa shape index (κ2) is 5.54. The van der Waals surface area contributed by atoms with E-state index in [-0.39, 0.29) is 17.6 Å². The molecule has 1 aromatic carbocycles. The molecule has 0 aromatic heterocycles. The molecule has 3 atom stereocenters. The summed E-state index contributed by atoms with van der Waals surface area (Å²) in [6.07, 6.45) is 2.60. The number of aliphatic hydroxyl groups excluding tert-OH is 1. The summed E-state index contributed by atoms with van der Waals surface area (Å²) in [7, 11) is 0. The topological polar surface area (TPSA) is 29.5 Å².